The van der Waals surface area contributed by atoms with Crippen molar-refractivity contribution >= 4 is 41.3 Å². The Hall–Kier alpha value is -0.340. The summed E-state index contributed by atoms with van der Waals surface area (Å²) >= 11 is 1.80. The molecule has 1 aromatic heterocycles. The molecule has 6 heteroatoms. The lowest BCUT2D eigenvalue weighted by molar-refractivity contribution is 0.158. The van der Waals surface area contributed by atoms with Gasteiger partial charge in [-0.2, -0.15) is 0 Å². The van der Waals surface area contributed by atoms with Crippen molar-refractivity contribution in [2.45, 2.75) is 58.5 Å². The fourth-order valence-electron chi connectivity index (χ4n) is 3.11. The molecule has 0 saturated carbocycles. The van der Waals surface area contributed by atoms with Crippen LogP contribution in [0.1, 0.15) is 49.5 Å². The number of unbranched alkanes of at least 4 members (excludes halogenated alkanes) is 1. The van der Waals surface area contributed by atoms with E-state index in [4.69, 9.17) is 0 Å². The smallest absolute Gasteiger partial charge is 0.191 e. The molecule has 0 bridgehead atoms. The molecule has 0 spiro atoms. The Morgan fingerprint density at radius 1 is 1.33 bits per heavy atom. The standard InChI is InChI=1S/C18H32N4S.HI/c1-15-9-13-23-17(15)14-21-18(19-3)20-10-5-7-12-22-11-6-4-8-16(22)2;/h9,13,16H,4-8,10-12,14H2,1-3H3,(H2,19,20,21);1H. The van der Waals surface area contributed by atoms with Crippen molar-refractivity contribution in [3.8, 4) is 0 Å². The van der Waals surface area contributed by atoms with E-state index in [0.717, 1.165) is 25.1 Å². The van der Waals surface area contributed by atoms with Gasteiger partial charge in [0, 0.05) is 24.5 Å². The van der Waals surface area contributed by atoms with E-state index in [2.05, 4.69) is 45.8 Å². The van der Waals surface area contributed by atoms with Crippen LogP contribution in [0.5, 0.6) is 0 Å². The highest BCUT2D eigenvalue weighted by molar-refractivity contribution is 14.0. The van der Waals surface area contributed by atoms with Crippen LogP contribution in [-0.4, -0.2) is 43.6 Å². The van der Waals surface area contributed by atoms with Crippen LogP contribution in [0.2, 0.25) is 0 Å². The molecule has 2 heterocycles. The summed E-state index contributed by atoms with van der Waals surface area (Å²) < 4.78 is 0. The molecular formula is C18H33IN4S. The lowest BCUT2D eigenvalue weighted by Gasteiger charge is -2.33. The average molecular weight is 464 g/mol. The number of halogens is 1. The zero-order chi connectivity index (χ0) is 16.5. The minimum atomic E-state index is 0. The number of hydrogen-bond donors (Lipinski definition) is 2. The molecule has 24 heavy (non-hydrogen) atoms. The molecule has 2 N–H and O–H groups in total. The number of aliphatic imine (C=N–C) groups is 1. The minimum absolute atomic E-state index is 0. The summed E-state index contributed by atoms with van der Waals surface area (Å²) in [6.07, 6.45) is 6.61. The summed E-state index contributed by atoms with van der Waals surface area (Å²) in [6.45, 7) is 8.90. The predicted molar refractivity (Wildman–Crippen MR) is 117 cm³/mol. The molecule has 1 unspecified atom stereocenters. The molecule has 1 aliphatic heterocycles. The predicted octanol–water partition coefficient (Wildman–Crippen LogP) is 3.99. The maximum atomic E-state index is 4.31. The van der Waals surface area contributed by atoms with Gasteiger partial charge in [-0.1, -0.05) is 6.42 Å². The highest BCUT2D eigenvalue weighted by atomic mass is 127. The summed E-state index contributed by atoms with van der Waals surface area (Å²) in [5.41, 5.74) is 1.36. The van der Waals surface area contributed by atoms with Crippen molar-refractivity contribution < 1.29 is 0 Å². The molecule has 138 valence electrons. The van der Waals surface area contributed by atoms with Crippen molar-refractivity contribution in [2.75, 3.05) is 26.7 Å². The summed E-state index contributed by atoms with van der Waals surface area (Å²) in [6, 6.07) is 2.94. The van der Waals surface area contributed by atoms with Crippen molar-refractivity contribution in [2.24, 2.45) is 4.99 Å². The van der Waals surface area contributed by atoms with Gasteiger partial charge < -0.3 is 15.5 Å². The quantitative estimate of drug-likeness (QED) is 0.278. The molecule has 1 aromatic rings. The van der Waals surface area contributed by atoms with Gasteiger partial charge in [0.15, 0.2) is 5.96 Å². The molecule has 0 aromatic carbocycles. The number of nitrogens with zero attached hydrogens (tertiary/aromatic N) is 2. The van der Waals surface area contributed by atoms with Crippen LogP contribution in [0, 0.1) is 6.92 Å². The highest BCUT2D eigenvalue weighted by Gasteiger charge is 2.16. The SMILES string of the molecule is CN=C(NCCCCN1CCCCC1C)NCc1sccc1C.I. The number of rotatable bonds is 7. The summed E-state index contributed by atoms with van der Waals surface area (Å²) in [4.78, 5) is 8.34. The van der Waals surface area contributed by atoms with Crippen molar-refractivity contribution in [1.82, 2.24) is 15.5 Å². The first-order chi connectivity index (χ1) is 11.2. The molecule has 4 nitrogen and oxygen atoms in total. The average Bonchev–Trinajstić information content (AvgIpc) is 2.97. The Bertz CT molecular complexity index is 489. The van der Waals surface area contributed by atoms with E-state index in [-0.39, 0.29) is 24.0 Å². The Morgan fingerprint density at radius 2 is 2.17 bits per heavy atom. The van der Waals surface area contributed by atoms with Gasteiger partial charge in [-0.05, 0) is 69.6 Å². The highest BCUT2D eigenvalue weighted by Crippen LogP contribution is 2.16. The monoisotopic (exact) mass is 464 g/mol. The van der Waals surface area contributed by atoms with Gasteiger partial charge in [0.1, 0.15) is 0 Å². The molecule has 0 radical (unpaired) electrons. The van der Waals surface area contributed by atoms with Gasteiger partial charge in [-0.25, -0.2) is 0 Å². The van der Waals surface area contributed by atoms with E-state index < -0.39 is 0 Å². The Balaban J connectivity index is 0.00000288. The van der Waals surface area contributed by atoms with E-state index in [0.29, 0.717) is 0 Å². The van der Waals surface area contributed by atoms with E-state index in [1.54, 1.807) is 11.3 Å². The summed E-state index contributed by atoms with van der Waals surface area (Å²) in [5, 5.41) is 8.97. The molecule has 2 rings (SSSR count). The molecule has 1 fully saturated rings. The van der Waals surface area contributed by atoms with Crippen LogP contribution in [0.25, 0.3) is 0 Å². The molecular weight excluding hydrogens is 431 g/mol. The first kappa shape index (κ1) is 21.7. The first-order valence-corrected chi connectivity index (χ1v) is 9.80. The molecule has 1 saturated heterocycles. The van der Waals surface area contributed by atoms with E-state index in [1.807, 2.05) is 7.05 Å². The number of nitrogens with one attached hydrogen (secondary N) is 2. The van der Waals surface area contributed by atoms with Crippen LogP contribution >= 0.6 is 35.3 Å². The second-order valence-corrected chi connectivity index (χ2v) is 7.47. The Kier molecular flexibility index (Phi) is 10.9. The molecule has 0 amide bonds. The van der Waals surface area contributed by atoms with Gasteiger partial charge in [-0.15, -0.1) is 35.3 Å². The van der Waals surface area contributed by atoms with Gasteiger partial charge in [0.2, 0.25) is 0 Å². The van der Waals surface area contributed by atoms with Gasteiger partial charge in [0.05, 0.1) is 6.54 Å². The van der Waals surface area contributed by atoms with Crippen LogP contribution in [0.3, 0.4) is 0 Å². The Labute approximate surface area is 168 Å². The van der Waals surface area contributed by atoms with Crippen molar-refractivity contribution in [1.29, 1.82) is 0 Å². The normalized spacial score (nSPS) is 19.0. The van der Waals surface area contributed by atoms with Gasteiger partial charge in [0.25, 0.3) is 0 Å². The third-order valence-electron chi connectivity index (χ3n) is 4.71. The third-order valence-corrected chi connectivity index (χ3v) is 5.74. The lowest BCUT2D eigenvalue weighted by atomic mass is 10.0. The lowest BCUT2D eigenvalue weighted by Crippen LogP contribution is -2.39. The van der Waals surface area contributed by atoms with Crippen molar-refractivity contribution in [3.63, 3.8) is 0 Å². The number of piperidine rings is 1. The van der Waals surface area contributed by atoms with Crippen LogP contribution in [0.15, 0.2) is 16.4 Å². The summed E-state index contributed by atoms with van der Waals surface area (Å²) in [7, 11) is 1.84. The zero-order valence-corrected chi connectivity index (χ0v) is 18.5. The molecule has 1 aliphatic rings. The van der Waals surface area contributed by atoms with Crippen molar-refractivity contribution in [3.05, 3.63) is 21.9 Å². The van der Waals surface area contributed by atoms with E-state index in [1.165, 1.54) is 55.6 Å². The number of aryl methyl sites for hydroxylation is 1. The van der Waals surface area contributed by atoms with Gasteiger partial charge >= 0.3 is 0 Å². The van der Waals surface area contributed by atoms with Gasteiger partial charge in [-0.3, -0.25) is 4.99 Å². The molecule has 0 aliphatic carbocycles. The summed E-state index contributed by atoms with van der Waals surface area (Å²) in [5.74, 6) is 0.907. The maximum Gasteiger partial charge on any atom is 0.191 e. The number of likely N-dealkylation sites (tertiary alicyclic amines) is 1. The van der Waals surface area contributed by atoms with E-state index in [9.17, 15) is 0 Å². The van der Waals surface area contributed by atoms with Crippen LogP contribution in [-0.2, 0) is 6.54 Å². The molecule has 1 atom stereocenters. The topological polar surface area (TPSA) is 39.7 Å². The zero-order valence-electron chi connectivity index (χ0n) is 15.3. The number of thiophene rings is 1. The number of guanidine groups is 1. The fourth-order valence-corrected chi connectivity index (χ4v) is 3.95. The minimum Gasteiger partial charge on any atom is -0.356 e. The third kappa shape index (κ3) is 7.27. The maximum absolute atomic E-state index is 4.31. The largest absolute Gasteiger partial charge is 0.356 e. The fraction of sp³-hybridized carbons (Fsp3) is 0.722. The Morgan fingerprint density at radius 3 is 2.83 bits per heavy atom. The van der Waals surface area contributed by atoms with Crippen LogP contribution in [0.4, 0.5) is 0 Å². The second kappa shape index (κ2) is 12.1. The number of hydrogen-bond acceptors (Lipinski definition) is 3. The van der Waals surface area contributed by atoms with E-state index >= 15 is 0 Å². The first-order valence-electron chi connectivity index (χ1n) is 8.92. The van der Waals surface area contributed by atoms with Crippen LogP contribution < -0.4 is 10.6 Å². The second-order valence-electron chi connectivity index (χ2n) is 6.47.